The molecule has 2 amide bonds. The van der Waals surface area contributed by atoms with Gasteiger partial charge in [0.25, 0.3) is 5.91 Å². The number of hydrogen-bond acceptors (Lipinski definition) is 5. The van der Waals surface area contributed by atoms with Gasteiger partial charge in [0.2, 0.25) is 5.91 Å². The van der Waals surface area contributed by atoms with E-state index in [9.17, 15) is 9.59 Å². The first-order valence-electron chi connectivity index (χ1n) is 11.3. The minimum Gasteiger partial charge on any atom is -0.370 e. The van der Waals surface area contributed by atoms with Crippen LogP contribution < -0.4 is 21.8 Å². The molecule has 0 spiro atoms. The van der Waals surface area contributed by atoms with Gasteiger partial charge in [0, 0.05) is 30.6 Å². The number of fused-ring (bicyclic) bond motifs is 1. The fraction of sp³-hybridized carbons (Fsp3) is 0.905. The number of carbonyl (C=O) groups excluding carboxylic acids is 2. The summed E-state index contributed by atoms with van der Waals surface area (Å²) in [5.74, 6) is 1.42. The largest absolute Gasteiger partial charge is 0.370 e. The van der Waals surface area contributed by atoms with Gasteiger partial charge in [0.15, 0.2) is 6.10 Å². The Morgan fingerprint density at radius 3 is 2.68 bits per heavy atom. The zero-order valence-electron chi connectivity index (χ0n) is 17.0. The van der Waals surface area contributed by atoms with Crippen molar-refractivity contribution in [1.29, 1.82) is 0 Å². The van der Waals surface area contributed by atoms with Gasteiger partial charge in [-0.3, -0.25) is 14.4 Å². The van der Waals surface area contributed by atoms with Crippen LogP contribution >= 0.6 is 0 Å². The van der Waals surface area contributed by atoms with Crippen molar-refractivity contribution < 1.29 is 14.4 Å². The van der Waals surface area contributed by atoms with Gasteiger partial charge in [-0.05, 0) is 62.7 Å². The highest BCUT2D eigenvalue weighted by Gasteiger charge is 2.43. The van der Waals surface area contributed by atoms with Gasteiger partial charge in [-0.15, -0.1) is 0 Å². The van der Waals surface area contributed by atoms with Crippen molar-refractivity contribution in [3.63, 3.8) is 0 Å². The highest BCUT2D eigenvalue weighted by Crippen LogP contribution is 2.38. The summed E-state index contributed by atoms with van der Waals surface area (Å²) in [5.41, 5.74) is 8.59. The molecule has 158 valence electrons. The quantitative estimate of drug-likeness (QED) is 0.546. The molecule has 2 aliphatic heterocycles. The number of amides is 2. The Hall–Kier alpha value is -1.18. The molecule has 4 aliphatic rings. The van der Waals surface area contributed by atoms with E-state index in [1.165, 1.54) is 19.3 Å². The topological polar surface area (TPSA) is 105 Å². The third-order valence-electron chi connectivity index (χ3n) is 7.35. The lowest BCUT2D eigenvalue weighted by Gasteiger charge is -2.43. The Labute approximate surface area is 167 Å². The molecule has 2 heterocycles. The molecule has 5 N–H and O–H groups in total. The van der Waals surface area contributed by atoms with E-state index in [0.717, 1.165) is 38.5 Å². The van der Waals surface area contributed by atoms with Crippen LogP contribution in [0.3, 0.4) is 0 Å². The van der Waals surface area contributed by atoms with Crippen LogP contribution in [0.2, 0.25) is 0 Å². The van der Waals surface area contributed by atoms with Crippen molar-refractivity contribution in [3.05, 3.63) is 0 Å². The summed E-state index contributed by atoms with van der Waals surface area (Å²) in [6.45, 7) is 2.27. The predicted octanol–water partition coefficient (Wildman–Crippen LogP) is 1.37. The van der Waals surface area contributed by atoms with Crippen LogP contribution in [0.15, 0.2) is 0 Å². The lowest BCUT2D eigenvalue weighted by molar-refractivity contribution is -0.159. The van der Waals surface area contributed by atoms with Gasteiger partial charge in [-0.25, -0.2) is 0 Å². The first-order chi connectivity index (χ1) is 13.5. The number of nitrogens with two attached hydrogens (primary N) is 1. The highest BCUT2D eigenvalue weighted by atomic mass is 16.7. The van der Waals surface area contributed by atoms with Gasteiger partial charge in [0.05, 0.1) is 0 Å². The molecule has 0 bridgehead atoms. The van der Waals surface area contributed by atoms with Gasteiger partial charge < -0.3 is 16.4 Å². The van der Waals surface area contributed by atoms with Gasteiger partial charge in [-0.1, -0.05) is 19.8 Å². The van der Waals surface area contributed by atoms with Crippen LogP contribution in [0, 0.1) is 17.8 Å². The molecule has 0 aromatic carbocycles. The summed E-state index contributed by atoms with van der Waals surface area (Å²) < 4.78 is 0. The molecule has 0 aromatic rings. The van der Waals surface area contributed by atoms with Crippen LogP contribution in [0.5, 0.6) is 0 Å². The van der Waals surface area contributed by atoms with E-state index in [2.05, 4.69) is 23.0 Å². The molecular formula is C21H36N4O3. The molecule has 7 unspecified atom stereocenters. The first kappa shape index (κ1) is 20.1. The Morgan fingerprint density at radius 2 is 1.93 bits per heavy atom. The van der Waals surface area contributed by atoms with E-state index in [0.29, 0.717) is 30.2 Å². The van der Waals surface area contributed by atoms with Crippen LogP contribution in [0.1, 0.15) is 71.1 Å². The smallest absolute Gasteiger partial charge is 0.251 e. The summed E-state index contributed by atoms with van der Waals surface area (Å²) in [7, 11) is 0. The molecule has 7 atom stereocenters. The zero-order valence-corrected chi connectivity index (χ0v) is 17.0. The van der Waals surface area contributed by atoms with Gasteiger partial charge in [-0.2, -0.15) is 5.48 Å². The molecule has 2 aliphatic carbocycles. The average molecular weight is 393 g/mol. The number of hydrogen-bond donors (Lipinski definition) is 4. The number of rotatable bonds is 6. The number of piperidine rings is 1. The minimum absolute atomic E-state index is 0.0138. The van der Waals surface area contributed by atoms with Crippen LogP contribution in [-0.4, -0.2) is 42.1 Å². The maximum Gasteiger partial charge on any atom is 0.251 e. The zero-order chi connectivity index (χ0) is 19.7. The molecule has 0 radical (unpaired) electrons. The SMILES string of the molecule is CC1CCCC2CC(C(=O)NC(C3CC3)C3CCCC(CC(N)=O)N3)ONC12. The molecule has 28 heavy (non-hydrogen) atoms. The Balaban J connectivity index is 1.34. The normalized spacial score (nSPS) is 39.6. The molecular weight excluding hydrogens is 356 g/mol. The van der Waals surface area contributed by atoms with Crippen molar-refractivity contribution in [3.8, 4) is 0 Å². The first-order valence-corrected chi connectivity index (χ1v) is 11.3. The Kier molecular flexibility index (Phi) is 6.23. The summed E-state index contributed by atoms with van der Waals surface area (Å²) in [5, 5.41) is 6.91. The summed E-state index contributed by atoms with van der Waals surface area (Å²) in [4.78, 5) is 30.1. The van der Waals surface area contributed by atoms with E-state index in [1.807, 2.05) is 0 Å². The average Bonchev–Trinajstić information content (AvgIpc) is 3.50. The molecule has 7 heteroatoms. The van der Waals surface area contributed by atoms with Crippen LogP contribution in [-0.2, 0) is 14.4 Å². The molecule has 0 aromatic heterocycles. The van der Waals surface area contributed by atoms with Crippen LogP contribution in [0.25, 0.3) is 0 Å². The fourth-order valence-corrected chi connectivity index (χ4v) is 5.65. The minimum atomic E-state index is -0.405. The second kappa shape index (κ2) is 8.67. The lowest BCUT2D eigenvalue weighted by Crippen LogP contribution is -2.60. The standard InChI is InChI=1S/C21H36N4O3/c1-12-4-2-5-14-10-17(28-25-19(12)14)21(27)24-20(13-8-9-13)16-7-3-6-15(23-16)11-18(22)26/h12-17,19-20,23,25H,2-11H2,1H3,(H2,22,26)(H,24,27). The van der Waals surface area contributed by atoms with Crippen molar-refractivity contribution in [1.82, 2.24) is 16.1 Å². The van der Waals surface area contributed by atoms with Crippen LogP contribution in [0.4, 0.5) is 0 Å². The van der Waals surface area contributed by atoms with E-state index >= 15 is 0 Å². The van der Waals surface area contributed by atoms with E-state index in [1.54, 1.807) is 0 Å². The van der Waals surface area contributed by atoms with E-state index in [-0.39, 0.29) is 29.9 Å². The van der Waals surface area contributed by atoms with Crippen molar-refractivity contribution in [2.45, 2.75) is 101 Å². The number of carbonyl (C=O) groups is 2. The summed E-state index contributed by atoms with van der Waals surface area (Å²) >= 11 is 0. The highest BCUT2D eigenvalue weighted by molar-refractivity contribution is 5.81. The van der Waals surface area contributed by atoms with Gasteiger partial charge in [0.1, 0.15) is 0 Å². The molecule has 2 saturated heterocycles. The van der Waals surface area contributed by atoms with E-state index in [4.69, 9.17) is 10.6 Å². The molecule has 2 saturated carbocycles. The monoisotopic (exact) mass is 392 g/mol. The van der Waals surface area contributed by atoms with Crippen molar-refractivity contribution in [2.75, 3.05) is 0 Å². The maximum absolute atomic E-state index is 13.0. The summed E-state index contributed by atoms with van der Waals surface area (Å²) in [6, 6.07) is 0.849. The number of nitrogens with one attached hydrogen (secondary N) is 3. The third kappa shape index (κ3) is 4.69. The summed E-state index contributed by atoms with van der Waals surface area (Å²) in [6.07, 6.45) is 9.84. The Morgan fingerprint density at radius 1 is 1.14 bits per heavy atom. The molecule has 4 rings (SSSR count). The second-order valence-electron chi connectivity index (χ2n) is 9.60. The van der Waals surface area contributed by atoms with Gasteiger partial charge >= 0.3 is 0 Å². The predicted molar refractivity (Wildman–Crippen MR) is 106 cm³/mol. The Bertz CT molecular complexity index is 582. The van der Waals surface area contributed by atoms with Crippen molar-refractivity contribution >= 4 is 11.8 Å². The number of primary amides is 1. The second-order valence-corrected chi connectivity index (χ2v) is 9.60. The molecule has 4 fully saturated rings. The molecule has 7 nitrogen and oxygen atoms in total. The lowest BCUT2D eigenvalue weighted by atomic mass is 9.75. The van der Waals surface area contributed by atoms with E-state index < -0.39 is 6.10 Å². The third-order valence-corrected chi connectivity index (χ3v) is 7.35. The number of hydroxylamine groups is 1. The fourth-order valence-electron chi connectivity index (χ4n) is 5.65. The maximum atomic E-state index is 13.0. The van der Waals surface area contributed by atoms with Crippen molar-refractivity contribution in [2.24, 2.45) is 23.5 Å².